The van der Waals surface area contributed by atoms with E-state index in [4.69, 9.17) is 5.11 Å². The van der Waals surface area contributed by atoms with E-state index in [0.717, 1.165) is 5.56 Å². The molecule has 0 aliphatic heterocycles. The molecule has 0 fully saturated rings. The first-order chi connectivity index (χ1) is 8.00. The number of nitrogens with one attached hydrogen (secondary N) is 2. The van der Waals surface area contributed by atoms with Crippen LogP contribution in [0.3, 0.4) is 0 Å². The van der Waals surface area contributed by atoms with Crippen LogP contribution in [0.4, 0.5) is 4.79 Å². The van der Waals surface area contributed by atoms with Crippen LogP contribution in [0.5, 0.6) is 0 Å². The summed E-state index contributed by atoms with van der Waals surface area (Å²) in [7, 11) is 1.63. The van der Waals surface area contributed by atoms with Gasteiger partial charge in [0.15, 0.2) is 0 Å². The summed E-state index contributed by atoms with van der Waals surface area (Å²) in [4.78, 5) is 23.6. The van der Waals surface area contributed by atoms with Crippen molar-refractivity contribution in [3.05, 3.63) is 18.0 Å². The van der Waals surface area contributed by atoms with Gasteiger partial charge in [-0.25, -0.2) is 4.79 Å². The average molecular weight is 240 g/mol. The summed E-state index contributed by atoms with van der Waals surface area (Å²) in [6.45, 7) is 2.08. The van der Waals surface area contributed by atoms with Gasteiger partial charge < -0.3 is 15.3 Å². The third-order valence-electron chi connectivity index (χ3n) is 2.30. The Morgan fingerprint density at radius 1 is 1.65 bits per heavy atom. The topological polar surface area (TPSA) is 98.3 Å². The first-order valence-electron chi connectivity index (χ1n) is 5.20. The quantitative estimate of drug-likeness (QED) is 0.688. The molecular weight excluding hydrogens is 224 g/mol. The van der Waals surface area contributed by atoms with Crippen LogP contribution in [0.2, 0.25) is 0 Å². The van der Waals surface area contributed by atoms with Crippen LogP contribution in [-0.4, -0.2) is 45.8 Å². The maximum atomic E-state index is 11.6. The molecule has 0 saturated heterocycles. The zero-order valence-electron chi connectivity index (χ0n) is 9.80. The number of carbonyl (C=O) groups excluding carboxylic acids is 1. The Hall–Kier alpha value is -2.05. The van der Waals surface area contributed by atoms with Crippen LogP contribution >= 0.6 is 0 Å². The van der Waals surface area contributed by atoms with Crippen molar-refractivity contribution in [1.29, 1.82) is 0 Å². The molecule has 1 unspecified atom stereocenters. The van der Waals surface area contributed by atoms with Crippen molar-refractivity contribution in [3.63, 3.8) is 0 Å². The van der Waals surface area contributed by atoms with Crippen molar-refractivity contribution in [2.45, 2.75) is 13.5 Å². The van der Waals surface area contributed by atoms with Crippen molar-refractivity contribution in [3.8, 4) is 0 Å². The number of nitrogens with zero attached hydrogens (tertiary/aromatic N) is 2. The van der Waals surface area contributed by atoms with Gasteiger partial charge >= 0.3 is 12.0 Å². The second-order valence-corrected chi connectivity index (χ2v) is 3.89. The Balaban J connectivity index is 2.34. The third kappa shape index (κ3) is 4.13. The van der Waals surface area contributed by atoms with Gasteiger partial charge in [-0.2, -0.15) is 5.10 Å². The van der Waals surface area contributed by atoms with Crippen molar-refractivity contribution in [2.24, 2.45) is 5.92 Å². The van der Waals surface area contributed by atoms with Gasteiger partial charge in [0.2, 0.25) is 0 Å². The van der Waals surface area contributed by atoms with E-state index in [-0.39, 0.29) is 12.6 Å². The number of amides is 2. The fourth-order valence-corrected chi connectivity index (χ4v) is 1.17. The van der Waals surface area contributed by atoms with Crippen LogP contribution in [0, 0.1) is 5.92 Å². The van der Waals surface area contributed by atoms with E-state index in [2.05, 4.69) is 15.5 Å². The number of carbonyl (C=O) groups is 2. The molecule has 7 heteroatoms. The van der Waals surface area contributed by atoms with E-state index in [9.17, 15) is 9.59 Å². The Morgan fingerprint density at radius 3 is 2.88 bits per heavy atom. The maximum absolute atomic E-state index is 11.6. The highest BCUT2D eigenvalue weighted by Gasteiger charge is 2.14. The molecule has 0 saturated carbocycles. The molecule has 1 aromatic heterocycles. The minimum Gasteiger partial charge on any atom is -0.481 e. The van der Waals surface area contributed by atoms with Crippen molar-refractivity contribution >= 4 is 12.0 Å². The molecule has 0 radical (unpaired) electrons. The molecule has 7 nitrogen and oxygen atoms in total. The van der Waals surface area contributed by atoms with Crippen molar-refractivity contribution in [1.82, 2.24) is 20.4 Å². The zero-order chi connectivity index (χ0) is 12.8. The van der Waals surface area contributed by atoms with Gasteiger partial charge in [-0.05, 0) is 0 Å². The van der Waals surface area contributed by atoms with E-state index >= 15 is 0 Å². The fourth-order valence-electron chi connectivity index (χ4n) is 1.17. The predicted molar refractivity (Wildman–Crippen MR) is 60.3 cm³/mol. The Kier molecular flexibility index (Phi) is 4.50. The summed E-state index contributed by atoms with van der Waals surface area (Å²) in [6.07, 6.45) is 3.33. The predicted octanol–water partition coefficient (Wildman–Crippen LogP) is 0.272. The van der Waals surface area contributed by atoms with Crippen LogP contribution < -0.4 is 5.32 Å². The number of H-pyrrole nitrogens is 1. The number of carboxylic acids is 1. The molecule has 0 aliphatic rings. The molecule has 0 bridgehead atoms. The van der Waals surface area contributed by atoms with Gasteiger partial charge in [0.1, 0.15) is 0 Å². The summed E-state index contributed by atoms with van der Waals surface area (Å²) in [5, 5.41) is 17.6. The molecule has 1 atom stereocenters. The second-order valence-electron chi connectivity index (χ2n) is 3.89. The van der Waals surface area contributed by atoms with E-state index in [1.165, 1.54) is 4.90 Å². The lowest BCUT2D eigenvalue weighted by Gasteiger charge is -2.17. The van der Waals surface area contributed by atoms with E-state index in [1.807, 2.05) is 0 Å². The summed E-state index contributed by atoms with van der Waals surface area (Å²) in [6, 6.07) is -0.306. The van der Waals surface area contributed by atoms with Crippen LogP contribution in [0.1, 0.15) is 12.5 Å². The number of aromatic amines is 1. The van der Waals surface area contributed by atoms with Gasteiger partial charge in [-0.15, -0.1) is 0 Å². The van der Waals surface area contributed by atoms with E-state index < -0.39 is 11.9 Å². The number of aromatic nitrogens is 2. The summed E-state index contributed by atoms with van der Waals surface area (Å²) >= 11 is 0. The number of hydrogen-bond acceptors (Lipinski definition) is 3. The van der Waals surface area contributed by atoms with Crippen LogP contribution in [0.15, 0.2) is 12.4 Å². The average Bonchev–Trinajstić information content (AvgIpc) is 2.77. The minimum absolute atomic E-state index is 0.115. The molecular formula is C10H16N4O3. The molecule has 94 valence electrons. The first-order valence-corrected chi connectivity index (χ1v) is 5.20. The highest BCUT2D eigenvalue weighted by atomic mass is 16.4. The Labute approximate surface area is 98.8 Å². The first kappa shape index (κ1) is 13.0. The minimum atomic E-state index is -0.928. The second kappa shape index (κ2) is 5.88. The van der Waals surface area contributed by atoms with Gasteiger partial charge in [-0.3, -0.25) is 9.89 Å². The Bertz CT molecular complexity index is 377. The number of hydrogen-bond donors (Lipinski definition) is 3. The highest BCUT2D eigenvalue weighted by Crippen LogP contribution is 2.00. The third-order valence-corrected chi connectivity index (χ3v) is 2.30. The molecule has 3 N–H and O–H groups in total. The van der Waals surface area contributed by atoms with E-state index in [1.54, 1.807) is 26.4 Å². The highest BCUT2D eigenvalue weighted by molar-refractivity contribution is 5.75. The van der Waals surface area contributed by atoms with Gasteiger partial charge in [-0.1, -0.05) is 6.92 Å². The lowest BCUT2D eigenvalue weighted by molar-refractivity contribution is -0.140. The molecule has 0 spiro atoms. The molecule has 17 heavy (non-hydrogen) atoms. The number of rotatable bonds is 5. The van der Waals surface area contributed by atoms with Crippen molar-refractivity contribution < 1.29 is 14.7 Å². The monoisotopic (exact) mass is 240 g/mol. The van der Waals surface area contributed by atoms with Gasteiger partial charge in [0.25, 0.3) is 0 Å². The standard InChI is InChI=1S/C10H16N4O3/c1-7(9(15)16)3-11-10(17)14(2)6-8-4-12-13-5-8/h4-5,7H,3,6H2,1-2H3,(H,11,17)(H,12,13)(H,15,16). The molecule has 1 rings (SSSR count). The van der Waals surface area contributed by atoms with Gasteiger partial charge in [0.05, 0.1) is 18.7 Å². The molecule has 1 aromatic rings. The summed E-state index contributed by atoms with van der Waals surface area (Å²) < 4.78 is 0. The smallest absolute Gasteiger partial charge is 0.317 e. The normalized spacial score (nSPS) is 11.9. The van der Waals surface area contributed by atoms with E-state index in [0.29, 0.717) is 6.54 Å². The maximum Gasteiger partial charge on any atom is 0.317 e. The van der Waals surface area contributed by atoms with Crippen LogP contribution in [-0.2, 0) is 11.3 Å². The van der Waals surface area contributed by atoms with Crippen molar-refractivity contribution in [2.75, 3.05) is 13.6 Å². The SMILES string of the molecule is CC(CNC(=O)N(C)Cc1cn[nH]c1)C(=O)O. The largest absolute Gasteiger partial charge is 0.481 e. The number of urea groups is 1. The summed E-state index contributed by atoms with van der Waals surface area (Å²) in [5.41, 5.74) is 0.883. The van der Waals surface area contributed by atoms with Gasteiger partial charge in [0, 0.05) is 25.4 Å². The molecule has 0 aliphatic carbocycles. The Morgan fingerprint density at radius 2 is 2.35 bits per heavy atom. The summed E-state index contributed by atoms with van der Waals surface area (Å²) in [5.74, 6) is -1.52. The molecule has 0 aromatic carbocycles. The molecule has 2 amide bonds. The number of carboxylic acid groups (broad SMARTS) is 1. The lowest BCUT2D eigenvalue weighted by Crippen LogP contribution is -2.40. The molecule has 1 heterocycles. The zero-order valence-corrected chi connectivity index (χ0v) is 9.80. The van der Waals surface area contributed by atoms with Crippen LogP contribution in [0.25, 0.3) is 0 Å². The fraction of sp³-hybridized carbons (Fsp3) is 0.500. The lowest BCUT2D eigenvalue weighted by atomic mass is 10.2. The number of aliphatic carboxylic acids is 1.